The maximum Gasteiger partial charge on any atom is 0.264 e. The fourth-order valence-electron chi connectivity index (χ4n) is 5.03. The van der Waals surface area contributed by atoms with Gasteiger partial charge in [-0.3, -0.25) is 13.9 Å². The number of ether oxygens (including phenoxy) is 2. The van der Waals surface area contributed by atoms with Crippen LogP contribution in [0.25, 0.3) is 0 Å². The number of anilines is 1. The Morgan fingerprint density at radius 2 is 1.49 bits per heavy atom. The van der Waals surface area contributed by atoms with Crippen LogP contribution in [-0.2, 0) is 32.6 Å². The van der Waals surface area contributed by atoms with E-state index in [-0.39, 0.29) is 41.1 Å². The largest absolute Gasteiger partial charge is 0.497 e. The fourth-order valence-corrected chi connectivity index (χ4v) is 6.90. The molecule has 0 radical (unpaired) electrons. The van der Waals surface area contributed by atoms with Crippen molar-refractivity contribution < 1.29 is 27.5 Å². The van der Waals surface area contributed by atoms with Crippen molar-refractivity contribution >= 4 is 43.5 Å². The number of methoxy groups -OCH3 is 2. The molecule has 0 aliphatic carbocycles. The molecule has 0 aliphatic rings. The summed E-state index contributed by atoms with van der Waals surface area (Å²) in [7, 11) is -1.37. The van der Waals surface area contributed by atoms with Gasteiger partial charge in [0.1, 0.15) is 24.1 Å². The van der Waals surface area contributed by atoms with Gasteiger partial charge in [0.25, 0.3) is 10.0 Å². The van der Waals surface area contributed by atoms with E-state index in [4.69, 9.17) is 9.47 Å². The van der Waals surface area contributed by atoms with Crippen LogP contribution in [0.1, 0.15) is 25.0 Å². The summed E-state index contributed by atoms with van der Waals surface area (Å²) in [5.74, 6) is 0.0502. The first-order chi connectivity index (χ1) is 22.5. The van der Waals surface area contributed by atoms with E-state index in [2.05, 4.69) is 21.2 Å². The molecule has 11 heteroatoms. The Balaban J connectivity index is 1.83. The van der Waals surface area contributed by atoms with Gasteiger partial charge in [-0.25, -0.2) is 8.42 Å². The third-order valence-corrected chi connectivity index (χ3v) is 9.74. The van der Waals surface area contributed by atoms with E-state index in [0.717, 1.165) is 19.9 Å². The standard InChI is InChI=1S/C36H40BrN3O6S/c1-26(2)23-38-36(42)33(22-27-11-6-5-7-12-27)39(24-28-13-10-14-29(37)21-28)35(41)25-40(32-15-8-9-16-34(32)46-4)47(43,44)31-19-17-30(45-3)18-20-31/h5-21,26,33H,22-25H2,1-4H3,(H,38,42)/t33-/m1/s1. The molecule has 0 saturated carbocycles. The zero-order chi connectivity index (χ0) is 34.0. The minimum absolute atomic E-state index is 0.0361. The fraction of sp³-hybridized carbons (Fsp3) is 0.278. The number of carbonyl (C=O) groups is 2. The molecule has 0 fully saturated rings. The molecule has 4 rings (SSSR count). The highest BCUT2D eigenvalue weighted by atomic mass is 79.9. The topological polar surface area (TPSA) is 105 Å². The first-order valence-electron chi connectivity index (χ1n) is 15.2. The second-order valence-corrected chi connectivity index (χ2v) is 14.1. The summed E-state index contributed by atoms with van der Waals surface area (Å²) in [5, 5.41) is 3.00. The second-order valence-electron chi connectivity index (χ2n) is 11.4. The molecule has 4 aromatic rings. The molecule has 248 valence electrons. The second kappa shape index (κ2) is 16.5. The number of rotatable bonds is 15. The number of sulfonamides is 1. The maximum atomic E-state index is 14.6. The molecule has 0 spiro atoms. The van der Waals surface area contributed by atoms with Crippen molar-refractivity contribution in [2.45, 2.75) is 37.8 Å². The molecule has 0 unspecified atom stereocenters. The van der Waals surface area contributed by atoms with Gasteiger partial charge in [-0.1, -0.05) is 84.4 Å². The Labute approximate surface area is 285 Å². The molecular weight excluding hydrogens is 682 g/mol. The minimum Gasteiger partial charge on any atom is -0.497 e. The average molecular weight is 723 g/mol. The highest BCUT2D eigenvalue weighted by Crippen LogP contribution is 2.33. The van der Waals surface area contributed by atoms with Gasteiger partial charge in [0, 0.05) is 24.0 Å². The van der Waals surface area contributed by atoms with Gasteiger partial charge in [-0.15, -0.1) is 0 Å². The molecule has 1 N–H and O–H groups in total. The van der Waals surface area contributed by atoms with Gasteiger partial charge in [-0.2, -0.15) is 0 Å². The van der Waals surface area contributed by atoms with E-state index >= 15 is 0 Å². The zero-order valence-corrected chi connectivity index (χ0v) is 29.3. The molecule has 0 bridgehead atoms. The number of halogens is 1. The zero-order valence-electron chi connectivity index (χ0n) is 26.9. The lowest BCUT2D eigenvalue weighted by molar-refractivity contribution is -0.140. The van der Waals surface area contributed by atoms with E-state index in [0.29, 0.717) is 12.3 Å². The van der Waals surface area contributed by atoms with Crippen molar-refractivity contribution in [3.63, 3.8) is 0 Å². The number of carbonyl (C=O) groups excluding carboxylic acids is 2. The van der Waals surface area contributed by atoms with Crippen molar-refractivity contribution in [3.8, 4) is 11.5 Å². The lowest BCUT2D eigenvalue weighted by atomic mass is 10.0. The first kappa shape index (κ1) is 35.5. The number of benzene rings is 4. The van der Waals surface area contributed by atoms with Crippen molar-refractivity contribution in [2.75, 3.05) is 31.6 Å². The summed E-state index contributed by atoms with van der Waals surface area (Å²) in [4.78, 5) is 30.0. The van der Waals surface area contributed by atoms with Gasteiger partial charge >= 0.3 is 0 Å². The molecule has 4 aromatic carbocycles. The van der Waals surface area contributed by atoms with Gasteiger partial charge < -0.3 is 19.7 Å². The summed E-state index contributed by atoms with van der Waals surface area (Å²) in [6.07, 6.45) is 0.227. The monoisotopic (exact) mass is 721 g/mol. The third kappa shape index (κ3) is 9.36. The SMILES string of the molecule is COc1ccc(S(=O)(=O)N(CC(=O)N(Cc2cccc(Br)c2)[C@H](Cc2ccccc2)C(=O)NCC(C)C)c2ccccc2OC)cc1. The van der Waals surface area contributed by atoms with Crippen molar-refractivity contribution in [3.05, 3.63) is 119 Å². The summed E-state index contributed by atoms with van der Waals surface area (Å²) < 4.78 is 41.2. The Morgan fingerprint density at radius 1 is 0.830 bits per heavy atom. The minimum atomic E-state index is -4.30. The number of nitrogens with zero attached hydrogens (tertiary/aromatic N) is 2. The lowest BCUT2D eigenvalue weighted by Crippen LogP contribution is -2.53. The van der Waals surface area contributed by atoms with Crippen LogP contribution in [0.15, 0.2) is 112 Å². The van der Waals surface area contributed by atoms with Crippen molar-refractivity contribution in [1.82, 2.24) is 10.2 Å². The third-order valence-electron chi connectivity index (χ3n) is 7.48. The number of nitrogens with one attached hydrogen (secondary N) is 1. The first-order valence-corrected chi connectivity index (χ1v) is 17.4. The number of para-hydroxylation sites is 2. The predicted octanol–water partition coefficient (Wildman–Crippen LogP) is 6.07. The molecule has 0 aliphatic heterocycles. The highest BCUT2D eigenvalue weighted by Gasteiger charge is 2.35. The molecule has 0 saturated heterocycles. The van der Waals surface area contributed by atoms with Gasteiger partial charge in [-0.05, 0) is 65.6 Å². The molecule has 0 aromatic heterocycles. The average Bonchev–Trinajstić information content (AvgIpc) is 3.08. The predicted molar refractivity (Wildman–Crippen MR) is 187 cm³/mol. The number of amides is 2. The van der Waals surface area contributed by atoms with Crippen LogP contribution in [0.4, 0.5) is 5.69 Å². The van der Waals surface area contributed by atoms with E-state index in [1.165, 1.54) is 31.3 Å². The van der Waals surface area contributed by atoms with Crippen LogP contribution >= 0.6 is 15.9 Å². The molecule has 1 atom stereocenters. The summed E-state index contributed by atoms with van der Waals surface area (Å²) >= 11 is 3.51. The number of hydrogen-bond acceptors (Lipinski definition) is 6. The van der Waals surface area contributed by atoms with Crippen molar-refractivity contribution in [1.29, 1.82) is 0 Å². The Hall–Kier alpha value is -4.35. The molecule has 47 heavy (non-hydrogen) atoms. The van der Waals surface area contributed by atoms with Gasteiger partial charge in [0.05, 0.1) is 24.8 Å². The van der Waals surface area contributed by atoms with Gasteiger partial charge in [0.15, 0.2) is 0 Å². The molecule has 2 amide bonds. The Kier molecular flexibility index (Phi) is 12.4. The molecule has 0 heterocycles. The summed E-state index contributed by atoms with van der Waals surface area (Å²) in [6, 6.07) is 28.5. The quantitative estimate of drug-likeness (QED) is 0.160. The van der Waals surface area contributed by atoms with E-state index < -0.39 is 28.5 Å². The van der Waals surface area contributed by atoms with E-state index in [1.54, 1.807) is 36.4 Å². The normalized spacial score (nSPS) is 11.9. The Morgan fingerprint density at radius 3 is 2.13 bits per heavy atom. The van der Waals surface area contributed by atoms with E-state index in [9.17, 15) is 18.0 Å². The van der Waals surface area contributed by atoms with Crippen molar-refractivity contribution in [2.24, 2.45) is 5.92 Å². The summed E-state index contributed by atoms with van der Waals surface area (Å²) in [6.45, 7) is 3.87. The van der Waals surface area contributed by atoms with Crippen LogP contribution in [-0.4, -0.2) is 58.5 Å². The van der Waals surface area contributed by atoms with Crippen LogP contribution in [0.2, 0.25) is 0 Å². The van der Waals surface area contributed by atoms with Crippen LogP contribution in [0, 0.1) is 5.92 Å². The lowest BCUT2D eigenvalue weighted by Gasteiger charge is -2.34. The van der Waals surface area contributed by atoms with Crippen LogP contribution < -0.4 is 19.1 Å². The molecular formula is C36H40BrN3O6S. The van der Waals surface area contributed by atoms with E-state index in [1.807, 2.05) is 68.4 Å². The molecule has 9 nitrogen and oxygen atoms in total. The summed E-state index contributed by atoms with van der Waals surface area (Å²) in [5.41, 5.74) is 1.81. The maximum absolute atomic E-state index is 14.6. The van der Waals surface area contributed by atoms with Gasteiger partial charge in [0.2, 0.25) is 11.8 Å². The van der Waals surface area contributed by atoms with Crippen LogP contribution in [0.3, 0.4) is 0 Å². The van der Waals surface area contributed by atoms with Crippen LogP contribution in [0.5, 0.6) is 11.5 Å². The Bertz CT molecular complexity index is 1750. The highest BCUT2D eigenvalue weighted by molar-refractivity contribution is 9.10. The number of hydrogen-bond donors (Lipinski definition) is 1. The smallest absolute Gasteiger partial charge is 0.264 e.